The minimum absolute atomic E-state index is 0.0253. The highest BCUT2D eigenvalue weighted by Crippen LogP contribution is 2.34. The number of H-pyrrole nitrogens is 1. The van der Waals surface area contributed by atoms with Crippen molar-refractivity contribution in [2.75, 3.05) is 37.0 Å². The molecule has 0 radical (unpaired) electrons. The summed E-state index contributed by atoms with van der Waals surface area (Å²) in [7, 11) is 0. The molecule has 1 saturated heterocycles. The van der Waals surface area contributed by atoms with Crippen molar-refractivity contribution in [2.24, 2.45) is 0 Å². The first-order valence-electron chi connectivity index (χ1n) is 13.9. The maximum Gasteiger partial charge on any atom is 0.270 e. The van der Waals surface area contributed by atoms with Gasteiger partial charge in [0.05, 0.1) is 41.1 Å². The number of rotatable bonds is 12. The number of para-hydroxylation sites is 1. The number of hydrogen-bond acceptors (Lipinski definition) is 10. The molecule has 1 fully saturated rings. The van der Waals surface area contributed by atoms with E-state index in [9.17, 15) is 22.5 Å². The first-order chi connectivity index (χ1) is 22.1. The number of aromatic nitrogens is 4. The smallest absolute Gasteiger partial charge is 0.270 e. The van der Waals surface area contributed by atoms with Crippen molar-refractivity contribution in [1.29, 1.82) is 0 Å². The number of benzene rings is 2. The Bertz CT molecular complexity index is 1890. The summed E-state index contributed by atoms with van der Waals surface area (Å²) in [6.45, 7) is 2.56. The number of pyridine rings is 1. The van der Waals surface area contributed by atoms with Crippen LogP contribution in [-0.2, 0) is 4.94 Å². The van der Waals surface area contributed by atoms with E-state index in [0.717, 1.165) is 25.2 Å². The Kier molecular flexibility index (Phi) is 8.75. The van der Waals surface area contributed by atoms with Gasteiger partial charge in [0.25, 0.3) is 6.36 Å². The third-order valence-corrected chi connectivity index (χ3v) is 8.18. The topological polar surface area (TPSA) is 133 Å². The number of nitrogens with one attached hydrogen (secondary N) is 2. The molecule has 0 spiro atoms. The predicted octanol–water partition coefficient (Wildman–Crippen LogP) is 5.89. The fourth-order valence-corrected chi connectivity index (χ4v) is 5.61. The molecule has 4 heterocycles. The van der Waals surface area contributed by atoms with Crippen molar-refractivity contribution in [1.82, 2.24) is 24.1 Å². The van der Waals surface area contributed by atoms with Crippen LogP contribution in [0, 0.1) is 18.6 Å². The zero-order chi connectivity index (χ0) is 32.5. The molecule has 1 aliphatic rings. The van der Waals surface area contributed by atoms with Crippen LogP contribution in [0.3, 0.4) is 0 Å². The number of nitrogens with two attached hydrogens (primary N) is 1. The van der Waals surface area contributed by atoms with Crippen LogP contribution >= 0.6 is 11.9 Å². The van der Waals surface area contributed by atoms with E-state index in [1.165, 1.54) is 29.2 Å². The molecule has 11 nitrogen and oxygen atoms in total. The molecule has 1 unspecified atom stereocenters. The van der Waals surface area contributed by atoms with E-state index >= 15 is 0 Å². The Labute approximate surface area is 263 Å². The van der Waals surface area contributed by atoms with Crippen LogP contribution in [0.4, 0.5) is 29.2 Å². The number of fused-ring (bicyclic) bond motifs is 1. The second kappa shape index (κ2) is 12.9. The third-order valence-electron chi connectivity index (χ3n) is 7.36. The minimum atomic E-state index is -2.26. The van der Waals surface area contributed by atoms with Crippen molar-refractivity contribution < 1.29 is 36.9 Å². The molecule has 46 heavy (non-hydrogen) atoms. The van der Waals surface area contributed by atoms with Crippen LogP contribution in [-0.4, -0.2) is 68.2 Å². The quantitative estimate of drug-likeness (QED) is 0.0848. The number of aryl methyl sites for hydroxylation is 1. The summed E-state index contributed by atoms with van der Waals surface area (Å²) in [5.74, 6) is -2.57. The number of anilines is 2. The largest absolute Gasteiger partial charge is 0.486 e. The molecule has 4 N–H and O–H groups in total. The lowest BCUT2D eigenvalue weighted by molar-refractivity contribution is -0.233. The van der Waals surface area contributed by atoms with Crippen molar-refractivity contribution in [3.05, 3.63) is 83.3 Å². The Morgan fingerprint density at radius 2 is 1.96 bits per heavy atom. The molecule has 0 saturated carbocycles. The normalized spacial score (nSPS) is 14.3. The highest BCUT2D eigenvalue weighted by Gasteiger charge is 2.28. The molecule has 0 bridgehead atoms. The van der Waals surface area contributed by atoms with E-state index in [1.807, 2.05) is 6.26 Å². The van der Waals surface area contributed by atoms with Crippen LogP contribution < -0.4 is 20.5 Å². The van der Waals surface area contributed by atoms with Crippen LogP contribution in [0.1, 0.15) is 21.6 Å². The lowest BCUT2D eigenvalue weighted by atomic mass is 10.1. The number of ketones is 1. The van der Waals surface area contributed by atoms with E-state index in [4.69, 9.17) is 15.2 Å². The van der Waals surface area contributed by atoms with Crippen LogP contribution in [0.2, 0.25) is 0 Å². The van der Waals surface area contributed by atoms with E-state index in [2.05, 4.69) is 29.6 Å². The standard InChI is InChI=1S/C30H27F4N7O4S/c1-15-6-27(44-29-19(31)4-3-5-20(29)32)36-11-24(15)41-30(35)18(10-37-41)28(42)23-7-16-8-25(43-14-26(33)45-34)22(9-21(16)39-23)38-17-12-40(13-17)46-2/h3-11,17,26,38-39H,12-14,35H2,1-2H3. The molecule has 240 valence electrons. The summed E-state index contributed by atoms with van der Waals surface area (Å²) >= 11 is 1.62. The van der Waals surface area contributed by atoms with Gasteiger partial charge in [-0.3, -0.25) is 4.79 Å². The van der Waals surface area contributed by atoms with Crippen LogP contribution in [0.15, 0.2) is 54.9 Å². The number of alkyl halides is 1. The van der Waals surface area contributed by atoms with E-state index < -0.39 is 36.1 Å². The number of carbonyl (C=O) groups is 1. The van der Waals surface area contributed by atoms with Crippen molar-refractivity contribution >= 4 is 40.1 Å². The van der Waals surface area contributed by atoms with Gasteiger partial charge in [-0.1, -0.05) is 18.0 Å². The Balaban J connectivity index is 1.25. The third kappa shape index (κ3) is 6.18. The molecular formula is C30H27F4N7O4S. The van der Waals surface area contributed by atoms with Gasteiger partial charge in [0, 0.05) is 30.1 Å². The number of hydrogen-bond donors (Lipinski definition) is 3. The fraction of sp³-hybridized carbons (Fsp3) is 0.233. The van der Waals surface area contributed by atoms with E-state index in [-0.39, 0.29) is 34.7 Å². The van der Waals surface area contributed by atoms with E-state index in [1.54, 1.807) is 37.1 Å². The molecular weight excluding hydrogens is 630 g/mol. The Morgan fingerprint density at radius 1 is 1.20 bits per heavy atom. The number of ether oxygens (including phenoxy) is 2. The summed E-state index contributed by atoms with van der Waals surface area (Å²) in [5, 5.41) is 8.19. The minimum Gasteiger partial charge on any atom is -0.486 e. The molecule has 1 atom stereocenters. The second-order valence-electron chi connectivity index (χ2n) is 10.4. The second-order valence-corrected chi connectivity index (χ2v) is 11.3. The highest BCUT2D eigenvalue weighted by molar-refractivity contribution is 7.96. The fourth-order valence-electron chi connectivity index (χ4n) is 4.95. The zero-order valence-corrected chi connectivity index (χ0v) is 25.2. The van der Waals surface area contributed by atoms with Gasteiger partial charge >= 0.3 is 0 Å². The molecule has 5 aromatic rings. The van der Waals surface area contributed by atoms with Crippen molar-refractivity contribution in [3.8, 4) is 23.1 Å². The number of halogens is 4. The van der Waals surface area contributed by atoms with Gasteiger partial charge in [-0.15, -0.1) is 0 Å². The average molecular weight is 658 g/mol. The lowest BCUT2D eigenvalue weighted by Crippen LogP contribution is -2.50. The maximum absolute atomic E-state index is 14.0. The van der Waals surface area contributed by atoms with Gasteiger partial charge in [0.2, 0.25) is 17.4 Å². The van der Waals surface area contributed by atoms with Gasteiger partial charge in [0.1, 0.15) is 18.2 Å². The summed E-state index contributed by atoms with van der Waals surface area (Å²) in [6.07, 6.45) is 2.39. The molecule has 16 heteroatoms. The molecule has 1 aliphatic heterocycles. The van der Waals surface area contributed by atoms with Crippen LogP contribution in [0.5, 0.6) is 17.4 Å². The summed E-state index contributed by atoms with van der Waals surface area (Å²) in [6, 6.07) is 9.84. The van der Waals surface area contributed by atoms with Crippen LogP contribution in [0.25, 0.3) is 16.6 Å². The van der Waals surface area contributed by atoms with Gasteiger partial charge in [-0.05, 0) is 53.6 Å². The summed E-state index contributed by atoms with van der Waals surface area (Å²) < 4.78 is 68.1. The number of aromatic amines is 1. The predicted molar refractivity (Wildman–Crippen MR) is 164 cm³/mol. The number of nitrogen functional groups attached to an aromatic ring is 1. The molecule has 0 aliphatic carbocycles. The van der Waals surface area contributed by atoms with E-state index in [0.29, 0.717) is 27.8 Å². The maximum atomic E-state index is 14.0. The monoisotopic (exact) mass is 657 g/mol. The average Bonchev–Trinajstić information content (AvgIpc) is 3.61. The lowest BCUT2D eigenvalue weighted by Gasteiger charge is -2.38. The Morgan fingerprint density at radius 3 is 2.65 bits per heavy atom. The molecule has 3 aromatic heterocycles. The Hall–Kier alpha value is -4.80. The zero-order valence-electron chi connectivity index (χ0n) is 24.4. The highest BCUT2D eigenvalue weighted by atomic mass is 32.2. The van der Waals surface area contributed by atoms with Gasteiger partial charge in [0.15, 0.2) is 11.6 Å². The molecule has 6 rings (SSSR count). The van der Waals surface area contributed by atoms with Gasteiger partial charge in [-0.25, -0.2) is 27.1 Å². The van der Waals surface area contributed by atoms with Gasteiger partial charge in [-0.2, -0.15) is 10.0 Å². The number of nitrogens with zero attached hydrogens (tertiary/aromatic N) is 4. The molecule has 0 amide bonds. The van der Waals surface area contributed by atoms with Crippen molar-refractivity contribution in [2.45, 2.75) is 19.3 Å². The summed E-state index contributed by atoms with van der Waals surface area (Å²) in [4.78, 5) is 24.0. The summed E-state index contributed by atoms with van der Waals surface area (Å²) in [5.41, 5.74) is 8.74. The first kappa shape index (κ1) is 31.2. The SMILES string of the molecule is CSN1CC(Nc2cc3[nH]c(C(=O)c4cnn(-c5cnc(Oc6c(F)cccc6F)cc5C)c4N)cc3cc2OCC(F)OF)C1. The van der Waals surface area contributed by atoms with Gasteiger partial charge < -0.3 is 25.5 Å². The first-order valence-corrected chi connectivity index (χ1v) is 15.1. The van der Waals surface area contributed by atoms with Crippen molar-refractivity contribution in [3.63, 3.8) is 0 Å². The number of carbonyl (C=O) groups excluding carboxylic acids is 1. The molecule has 2 aromatic carbocycles.